The number of methoxy groups -OCH3 is 1. The number of benzene rings is 1. The molecule has 0 bridgehead atoms. The summed E-state index contributed by atoms with van der Waals surface area (Å²) in [5, 5.41) is 3.59. The van der Waals surface area contributed by atoms with Crippen molar-refractivity contribution in [3.63, 3.8) is 0 Å². The van der Waals surface area contributed by atoms with E-state index in [1.54, 1.807) is 7.11 Å². The van der Waals surface area contributed by atoms with Crippen LogP contribution in [0, 0.1) is 6.92 Å². The zero-order valence-electron chi connectivity index (χ0n) is 17.2. The van der Waals surface area contributed by atoms with E-state index in [0.29, 0.717) is 6.61 Å². The van der Waals surface area contributed by atoms with E-state index < -0.39 is 11.2 Å². The molecule has 1 aromatic carbocycles. The summed E-state index contributed by atoms with van der Waals surface area (Å²) >= 11 is 0. The van der Waals surface area contributed by atoms with Gasteiger partial charge in [0, 0.05) is 24.4 Å². The molecule has 28 heavy (non-hydrogen) atoms. The molecule has 0 saturated heterocycles. The Hall–Kier alpha value is -2.38. The molecule has 0 aliphatic rings. The van der Waals surface area contributed by atoms with E-state index in [1.165, 1.54) is 28.0 Å². The van der Waals surface area contributed by atoms with Crippen molar-refractivity contribution >= 4 is 0 Å². The van der Waals surface area contributed by atoms with E-state index in [2.05, 4.69) is 49.3 Å². The Labute approximate surface area is 165 Å². The van der Waals surface area contributed by atoms with Crippen molar-refractivity contribution in [3.8, 4) is 5.75 Å². The van der Waals surface area contributed by atoms with E-state index in [9.17, 15) is 9.59 Å². The lowest BCUT2D eigenvalue weighted by Gasteiger charge is -2.26. The molecule has 7 heteroatoms. The molecule has 1 aromatic heterocycles. The number of ether oxygens (including phenoxy) is 2. The van der Waals surface area contributed by atoms with Crippen LogP contribution in [-0.2, 0) is 17.9 Å². The van der Waals surface area contributed by atoms with E-state index >= 15 is 0 Å². The van der Waals surface area contributed by atoms with Gasteiger partial charge in [0.15, 0.2) is 0 Å². The number of hydrogen-bond donors (Lipinski definition) is 2. The predicted octanol–water partition coefficient (Wildman–Crippen LogP) is 2.22. The Morgan fingerprint density at radius 3 is 2.71 bits per heavy atom. The molecule has 0 atom stereocenters. The first-order valence-electron chi connectivity index (χ1n) is 9.57. The molecule has 154 valence electrons. The Bertz CT molecular complexity index is 870. The van der Waals surface area contributed by atoms with Crippen molar-refractivity contribution in [1.29, 1.82) is 0 Å². The number of nitrogens with zero attached hydrogens (tertiary/aromatic N) is 1. The predicted molar refractivity (Wildman–Crippen MR) is 110 cm³/mol. The van der Waals surface area contributed by atoms with Crippen LogP contribution in [0.15, 0.2) is 40.1 Å². The van der Waals surface area contributed by atoms with Gasteiger partial charge in [-0.25, -0.2) is 4.79 Å². The highest BCUT2D eigenvalue weighted by Gasteiger charge is 2.16. The Morgan fingerprint density at radius 1 is 1.21 bits per heavy atom. The topological polar surface area (TPSA) is 85.3 Å². The van der Waals surface area contributed by atoms with Crippen LogP contribution in [-0.4, -0.2) is 35.4 Å². The van der Waals surface area contributed by atoms with Gasteiger partial charge in [-0.3, -0.25) is 14.3 Å². The number of aryl methyl sites for hydroxylation is 1. The van der Waals surface area contributed by atoms with E-state index in [4.69, 9.17) is 9.47 Å². The summed E-state index contributed by atoms with van der Waals surface area (Å²) < 4.78 is 12.3. The van der Waals surface area contributed by atoms with Crippen molar-refractivity contribution in [2.45, 2.75) is 52.3 Å². The Kier molecular flexibility index (Phi) is 8.02. The van der Waals surface area contributed by atoms with Crippen molar-refractivity contribution in [2.75, 3.05) is 20.3 Å². The highest BCUT2D eigenvalue weighted by Crippen LogP contribution is 2.20. The molecule has 0 unspecified atom stereocenters. The van der Waals surface area contributed by atoms with Crippen LogP contribution in [0.2, 0.25) is 0 Å². The molecule has 7 nitrogen and oxygen atoms in total. The summed E-state index contributed by atoms with van der Waals surface area (Å²) in [5.41, 5.74) is 1.51. The second-order valence-electron chi connectivity index (χ2n) is 7.60. The third-order valence-corrected chi connectivity index (χ3v) is 4.66. The maximum Gasteiger partial charge on any atom is 0.330 e. The zero-order valence-corrected chi connectivity index (χ0v) is 17.2. The lowest BCUT2D eigenvalue weighted by atomic mass is 9.98. The molecule has 0 aliphatic heterocycles. The summed E-state index contributed by atoms with van der Waals surface area (Å²) in [6, 6.07) is 7.59. The Balaban J connectivity index is 1.69. The zero-order chi connectivity index (χ0) is 20.6. The molecule has 2 aromatic rings. The number of rotatable bonds is 11. The first-order chi connectivity index (χ1) is 13.3. The fourth-order valence-corrected chi connectivity index (χ4v) is 3.01. The summed E-state index contributed by atoms with van der Waals surface area (Å²) in [7, 11) is 1.71. The number of aromatic amines is 1. The highest BCUT2D eigenvalue weighted by atomic mass is 16.5. The SMILES string of the molecule is COc1cc(C)ccc1CCNC(C)(C)CCCOCn1ccc(=O)[nH]c1=O. The van der Waals surface area contributed by atoms with Gasteiger partial charge in [0.1, 0.15) is 12.5 Å². The van der Waals surface area contributed by atoms with Crippen molar-refractivity contribution in [3.05, 3.63) is 62.4 Å². The Morgan fingerprint density at radius 2 is 2.00 bits per heavy atom. The van der Waals surface area contributed by atoms with Crippen molar-refractivity contribution in [1.82, 2.24) is 14.9 Å². The minimum absolute atomic E-state index is 0.0177. The minimum atomic E-state index is -0.457. The molecular weight excluding hydrogens is 358 g/mol. The first kappa shape index (κ1) is 21.9. The quantitative estimate of drug-likeness (QED) is 0.576. The van der Waals surface area contributed by atoms with Gasteiger partial charge in [-0.1, -0.05) is 12.1 Å². The second-order valence-corrected chi connectivity index (χ2v) is 7.60. The van der Waals surface area contributed by atoms with E-state index in [-0.39, 0.29) is 12.3 Å². The molecule has 0 fully saturated rings. The average molecular weight is 389 g/mol. The largest absolute Gasteiger partial charge is 0.496 e. The van der Waals surface area contributed by atoms with E-state index in [1.807, 2.05) is 0 Å². The van der Waals surface area contributed by atoms with Gasteiger partial charge >= 0.3 is 5.69 Å². The molecule has 0 aliphatic carbocycles. The lowest BCUT2D eigenvalue weighted by molar-refractivity contribution is 0.0673. The molecule has 2 rings (SSSR count). The number of hydrogen-bond acceptors (Lipinski definition) is 5. The van der Waals surface area contributed by atoms with Crippen molar-refractivity contribution in [2.24, 2.45) is 0 Å². The maximum absolute atomic E-state index is 11.6. The van der Waals surface area contributed by atoms with Crippen molar-refractivity contribution < 1.29 is 9.47 Å². The van der Waals surface area contributed by atoms with Gasteiger partial charge in [-0.2, -0.15) is 0 Å². The summed E-state index contributed by atoms with van der Waals surface area (Å²) in [6.07, 6.45) is 4.15. The van der Waals surface area contributed by atoms with Gasteiger partial charge in [0.2, 0.25) is 0 Å². The fraction of sp³-hybridized carbons (Fsp3) is 0.524. The van der Waals surface area contributed by atoms with Gasteiger partial charge in [-0.05, 0) is 63.8 Å². The van der Waals surface area contributed by atoms with E-state index in [0.717, 1.165) is 31.6 Å². The standard InChI is InChI=1S/C21H31N3O4/c1-16-6-7-17(18(14-16)27-4)8-11-22-21(2,3)10-5-13-28-15-24-12-9-19(25)23-20(24)26/h6-7,9,12,14,22H,5,8,10-11,13,15H2,1-4H3,(H,23,25,26). The molecule has 0 saturated carbocycles. The normalized spacial score (nSPS) is 11.6. The maximum atomic E-state index is 11.6. The summed E-state index contributed by atoms with van der Waals surface area (Å²) in [5.74, 6) is 0.936. The summed E-state index contributed by atoms with van der Waals surface area (Å²) in [4.78, 5) is 24.8. The third-order valence-electron chi connectivity index (χ3n) is 4.66. The van der Waals surface area contributed by atoms with Crippen LogP contribution in [0.1, 0.15) is 37.8 Å². The monoisotopic (exact) mass is 389 g/mol. The lowest BCUT2D eigenvalue weighted by Crippen LogP contribution is -2.40. The third kappa shape index (κ3) is 6.98. The molecule has 0 amide bonds. The van der Waals surface area contributed by atoms with Crippen LogP contribution < -0.4 is 21.3 Å². The highest BCUT2D eigenvalue weighted by molar-refractivity contribution is 5.37. The van der Waals surface area contributed by atoms with Gasteiger partial charge < -0.3 is 14.8 Å². The summed E-state index contributed by atoms with van der Waals surface area (Å²) in [6.45, 7) is 7.94. The van der Waals surface area contributed by atoms with Crippen LogP contribution in [0.3, 0.4) is 0 Å². The molecule has 0 radical (unpaired) electrons. The van der Waals surface area contributed by atoms with Gasteiger partial charge in [-0.15, -0.1) is 0 Å². The van der Waals surface area contributed by atoms with Gasteiger partial charge in [0.05, 0.1) is 7.11 Å². The molecular formula is C21H31N3O4. The first-order valence-corrected chi connectivity index (χ1v) is 9.57. The fourth-order valence-electron chi connectivity index (χ4n) is 3.01. The van der Waals surface area contributed by atoms with Gasteiger partial charge in [0.25, 0.3) is 5.56 Å². The van der Waals surface area contributed by atoms with Crippen LogP contribution >= 0.6 is 0 Å². The minimum Gasteiger partial charge on any atom is -0.496 e. The smallest absolute Gasteiger partial charge is 0.330 e. The molecule has 1 heterocycles. The van der Waals surface area contributed by atoms with Crippen LogP contribution in [0.25, 0.3) is 0 Å². The second kappa shape index (κ2) is 10.2. The van der Waals surface area contributed by atoms with Crippen LogP contribution in [0.4, 0.5) is 0 Å². The molecule has 2 N–H and O–H groups in total. The molecule has 0 spiro atoms. The number of aromatic nitrogens is 2. The average Bonchev–Trinajstić information content (AvgIpc) is 2.64. The number of H-pyrrole nitrogens is 1. The number of nitrogens with one attached hydrogen (secondary N) is 2. The van der Waals surface area contributed by atoms with Crippen LogP contribution in [0.5, 0.6) is 5.75 Å².